The summed E-state index contributed by atoms with van der Waals surface area (Å²) < 4.78 is 47.4. The highest BCUT2D eigenvalue weighted by Crippen LogP contribution is 2.34. The molecule has 0 saturated heterocycles. The summed E-state index contributed by atoms with van der Waals surface area (Å²) in [7, 11) is 1.58. The van der Waals surface area contributed by atoms with E-state index in [-0.39, 0.29) is 36.1 Å². The van der Waals surface area contributed by atoms with Crippen LogP contribution in [-0.4, -0.2) is 42.5 Å². The van der Waals surface area contributed by atoms with Crippen molar-refractivity contribution in [2.75, 3.05) is 26.8 Å². The maximum atomic E-state index is 13.6. The summed E-state index contributed by atoms with van der Waals surface area (Å²) in [4.78, 5) is 4.27. The van der Waals surface area contributed by atoms with E-state index in [1.807, 2.05) is 13.0 Å². The lowest BCUT2D eigenvalue weighted by Gasteiger charge is -2.15. The maximum absolute atomic E-state index is 13.6. The number of ether oxygens (including phenoxy) is 1. The van der Waals surface area contributed by atoms with Crippen LogP contribution in [0.15, 0.2) is 29.3 Å². The van der Waals surface area contributed by atoms with Gasteiger partial charge in [0.2, 0.25) is 0 Å². The van der Waals surface area contributed by atoms with Gasteiger partial charge in [-0.3, -0.25) is 0 Å². The van der Waals surface area contributed by atoms with Crippen LogP contribution >= 0.6 is 24.0 Å². The molecule has 29 heavy (non-hydrogen) atoms. The van der Waals surface area contributed by atoms with Gasteiger partial charge in [-0.15, -0.1) is 24.0 Å². The molecule has 162 valence electrons. The predicted octanol–water partition coefficient (Wildman–Crippen LogP) is 3.83. The van der Waals surface area contributed by atoms with Crippen LogP contribution in [0.25, 0.3) is 5.69 Å². The van der Waals surface area contributed by atoms with E-state index in [4.69, 9.17) is 4.74 Å². The van der Waals surface area contributed by atoms with Crippen molar-refractivity contribution in [2.45, 2.75) is 33.5 Å². The molecule has 6 nitrogen and oxygen atoms in total. The van der Waals surface area contributed by atoms with E-state index in [0.717, 1.165) is 17.5 Å². The largest absolute Gasteiger partial charge is 0.416 e. The second-order valence-electron chi connectivity index (χ2n) is 6.29. The lowest BCUT2D eigenvalue weighted by Crippen LogP contribution is -2.38. The Labute approximate surface area is 185 Å². The summed E-state index contributed by atoms with van der Waals surface area (Å²) in [6.45, 7) is 6.96. The third kappa shape index (κ3) is 7.18. The molecule has 1 heterocycles. The lowest BCUT2D eigenvalue weighted by atomic mass is 10.1. The Hall–Kier alpha value is -1.82. The van der Waals surface area contributed by atoms with Crippen molar-refractivity contribution >= 4 is 29.9 Å². The minimum Gasteiger partial charge on any atom is -0.383 e. The summed E-state index contributed by atoms with van der Waals surface area (Å²) in [5.41, 5.74) is 1.27. The molecular formula is C19H27F3IN5O. The predicted molar refractivity (Wildman–Crippen MR) is 118 cm³/mol. The van der Waals surface area contributed by atoms with Gasteiger partial charge < -0.3 is 15.4 Å². The molecule has 0 unspecified atom stereocenters. The molecule has 2 aromatic rings. The molecule has 0 atom stereocenters. The van der Waals surface area contributed by atoms with E-state index < -0.39 is 11.7 Å². The average Bonchev–Trinajstić information content (AvgIpc) is 2.97. The van der Waals surface area contributed by atoms with Gasteiger partial charge in [-0.2, -0.15) is 18.3 Å². The van der Waals surface area contributed by atoms with E-state index >= 15 is 0 Å². The van der Waals surface area contributed by atoms with Gasteiger partial charge in [0.25, 0.3) is 0 Å². The first-order valence-corrected chi connectivity index (χ1v) is 9.01. The molecular weight excluding hydrogens is 498 g/mol. The van der Waals surface area contributed by atoms with E-state index in [1.165, 1.54) is 10.7 Å². The zero-order valence-electron chi connectivity index (χ0n) is 16.9. The molecule has 2 rings (SSSR count). The van der Waals surface area contributed by atoms with Crippen LogP contribution in [0.4, 0.5) is 13.2 Å². The van der Waals surface area contributed by atoms with Gasteiger partial charge in [0.1, 0.15) is 0 Å². The van der Waals surface area contributed by atoms with Gasteiger partial charge in [-0.05, 0) is 44.5 Å². The number of alkyl halides is 3. The second kappa shape index (κ2) is 11.4. The molecule has 0 spiro atoms. The minimum absolute atomic E-state index is 0. The standard InChI is InChI=1S/C19H26F3N5O.HI/c1-5-23-18(24-8-9-28-4)25-12-15-6-7-16(11-17(15)19(20,21)22)27-14(3)10-13(2)26-27;/h6-7,10-11H,5,8-9,12H2,1-4H3,(H2,23,24,25);1H. The average molecular weight is 525 g/mol. The van der Waals surface area contributed by atoms with Crippen molar-refractivity contribution in [3.63, 3.8) is 0 Å². The topological polar surface area (TPSA) is 63.5 Å². The Morgan fingerprint density at radius 3 is 2.48 bits per heavy atom. The summed E-state index contributed by atoms with van der Waals surface area (Å²) >= 11 is 0. The molecule has 0 aliphatic heterocycles. The van der Waals surface area contributed by atoms with Gasteiger partial charge in [0, 0.05) is 25.9 Å². The van der Waals surface area contributed by atoms with Crippen LogP contribution < -0.4 is 10.6 Å². The second-order valence-corrected chi connectivity index (χ2v) is 6.29. The van der Waals surface area contributed by atoms with Crippen LogP contribution in [0, 0.1) is 13.8 Å². The first-order chi connectivity index (χ1) is 13.3. The third-order valence-corrected chi connectivity index (χ3v) is 4.00. The molecule has 1 aromatic heterocycles. The number of hydrogen-bond acceptors (Lipinski definition) is 3. The number of aryl methyl sites for hydroxylation is 2. The molecule has 0 saturated carbocycles. The number of rotatable bonds is 7. The molecule has 10 heteroatoms. The Balaban J connectivity index is 0.00000420. The highest BCUT2D eigenvalue weighted by Gasteiger charge is 2.33. The molecule has 0 bridgehead atoms. The third-order valence-electron chi connectivity index (χ3n) is 4.00. The Bertz CT molecular complexity index is 821. The number of aromatic nitrogens is 2. The van der Waals surface area contributed by atoms with Crippen molar-refractivity contribution in [1.29, 1.82) is 0 Å². The van der Waals surface area contributed by atoms with Crippen molar-refractivity contribution in [2.24, 2.45) is 4.99 Å². The molecule has 0 radical (unpaired) electrons. The number of guanidine groups is 1. The van der Waals surface area contributed by atoms with Gasteiger partial charge in [0.15, 0.2) is 5.96 Å². The summed E-state index contributed by atoms with van der Waals surface area (Å²) in [5.74, 6) is 0.440. The molecule has 2 N–H and O–H groups in total. The Kier molecular flexibility index (Phi) is 9.90. The van der Waals surface area contributed by atoms with Crippen molar-refractivity contribution in [3.05, 3.63) is 46.8 Å². The number of nitrogens with one attached hydrogen (secondary N) is 2. The quantitative estimate of drug-likeness (QED) is 0.250. The van der Waals surface area contributed by atoms with Crippen molar-refractivity contribution < 1.29 is 17.9 Å². The molecule has 0 aliphatic carbocycles. The summed E-state index contributed by atoms with van der Waals surface area (Å²) in [6, 6.07) is 6.02. The summed E-state index contributed by atoms with van der Waals surface area (Å²) in [5, 5.41) is 10.3. The first kappa shape index (κ1) is 25.2. The number of methoxy groups -OCH3 is 1. The van der Waals surface area contributed by atoms with Crippen molar-refractivity contribution in [3.8, 4) is 5.69 Å². The Morgan fingerprint density at radius 2 is 1.93 bits per heavy atom. The lowest BCUT2D eigenvalue weighted by molar-refractivity contribution is -0.138. The fourth-order valence-corrected chi connectivity index (χ4v) is 2.77. The Morgan fingerprint density at radius 1 is 1.21 bits per heavy atom. The molecule has 1 aromatic carbocycles. The first-order valence-electron chi connectivity index (χ1n) is 9.01. The van der Waals surface area contributed by atoms with Gasteiger partial charge in [0.05, 0.1) is 30.1 Å². The number of halogens is 4. The molecule has 0 fully saturated rings. The minimum atomic E-state index is -4.49. The van der Waals surface area contributed by atoms with Crippen LogP contribution in [0.3, 0.4) is 0 Å². The zero-order chi connectivity index (χ0) is 20.7. The number of benzene rings is 1. The van der Waals surface area contributed by atoms with Crippen molar-refractivity contribution in [1.82, 2.24) is 20.4 Å². The summed E-state index contributed by atoms with van der Waals surface area (Å²) in [6.07, 6.45) is -4.49. The number of aliphatic imine (C=N–C) groups is 1. The monoisotopic (exact) mass is 525 g/mol. The number of hydrogen-bond donors (Lipinski definition) is 2. The normalized spacial score (nSPS) is 11.9. The highest BCUT2D eigenvalue weighted by atomic mass is 127. The van der Waals surface area contributed by atoms with E-state index in [0.29, 0.717) is 31.3 Å². The maximum Gasteiger partial charge on any atom is 0.416 e. The van der Waals surface area contributed by atoms with Crippen LogP contribution in [0.1, 0.15) is 29.4 Å². The van der Waals surface area contributed by atoms with Gasteiger partial charge in [-0.1, -0.05) is 6.07 Å². The van der Waals surface area contributed by atoms with E-state index in [2.05, 4.69) is 20.7 Å². The highest BCUT2D eigenvalue weighted by molar-refractivity contribution is 14.0. The molecule has 0 aliphatic rings. The van der Waals surface area contributed by atoms with E-state index in [1.54, 1.807) is 27.0 Å². The van der Waals surface area contributed by atoms with Gasteiger partial charge in [-0.25, -0.2) is 9.67 Å². The fourth-order valence-electron chi connectivity index (χ4n) is 2.77. The smallest absolute Gasteiger partial charge is 0.383 e. The number of nitrogens with zero attached hydrogens (tertiary/aromatic N) is 3. The van der Waals surface area contributed by atoms with Gasteiger partial charge >= 0.3 is 6.18 Å². The molecule has 0 amide bonds. The van der Waals surface area contributed by atoms with E-state index in [9.17, 15) is 13.2 Å². The zero-order valence-corrected chi connectivity index (χ0v) is 19.3. The van der Waals surface area contributed by atoms with Crippen LogP contribution in [-0.2, 0) is 17.5 Å². The SMILES string of the molecule is CCNC(=NCc1ccc(-n2nc(C)cc2C)cc1C(F)(F)F)NCCOC.I. The van der Waals surface area contributed by atoms with Crippen LogP contribution in [0.2, 0.25) is 0 Å². The van der Waals surface area contributed by atoms with Crippen LogP contribution in [0.5, 0.6) is 0 Å². The fraction of sp³-hybridized carbons (Fsp3) is 0.474.